The molecule has 0 saturated heterocycles. The molecule has 10 heteroatoms. The highest BCUT2D eigenvalue weighted by Gasteiger charge is 2.47. The van der Waals surface area contributed by atoms with Crippen LogP contribution in [0, 0.1) is 10.9 Å². The fourth-order valence-electron chi connectivity index (χ4n) is 2.63. The lowest BCUT2D eigenvalue weighted by Crippen LogP contribution is -2.38. The molecule has 0 radical (unpaired) electrons. The van der Waals surface area contributed by atoms with E-state index in [-0.39, 0.29) is 12.5 Å². The van der Waals surface area contributed by atoms with Crippen molar-refractivity contribution in [3.63, 3.8) is 0 Å². The van der Waals surface area contributed by atoms with Crippen molar-refractivity contribution in [3.05, 3.63) is 36.7 Å². The Labute approximate surface area is 159 Å². The van der Waals surface area contributed by atoms with Crippen LogP contribution >= 0.6 is 0 Å². The first-order chi connectivity index (χ1) is 13.2. The summed E-state index contributed by atoms with van der Waals surface area (Å²) < 4.78 is 40.5. The fraction of sp³-hybridized carbons (Fsp3) is 0.333. The van der Waals surface area contributed by atoms with Gasteiger partial charge in [0.25, 0.3) is 0 Å². The van der Waals surface area contributed by atoms with Gasteiger partial charge in [0.15, 0.2) is 0 Å². The van der Waals surface area contributed by atoms with Crippen molar-refractivity contribution in [2.24, 2.45) is 10.5 Å². The average Bonchev–Trinajstić information content (AvgIpc) is 3.08. The summed E-state index contributed by atoms with van der Waals surface area (Å²) in [4.78, 5) is 4.15. The number of fused-ring (bicyclic) bond motifs is 1. The number of anilines is 2. The number of benzene rings is 1. The van der Waals surface area contributed by atoms with Crippen LogP contribution in [-0.2, 0) is 0 Å². The lowest BCUT2D eigenvalue weighted by atomic mass is 9.93. The second-order valence-corrected chi connectivity index (χ2v) is 6.97. The maximum Gasteiger partial charge on any atom is 0.395 e. The van der Waals surface area contributed by atoms with Crippen molar-refractivity contribution in [2.75, 3.05) is 24.2 Å². The minimum absolute atomic E-state index is 0.117. The molecule has 28 heavy (non-hydrogen) atoms. The molecule has 0 atom stereocenters. The van der Waals surface area contributed by atoms with Gasteiger partial charge in [-0.3, -0.25) is 0 Å². The molecule has 3 rings (SSSR count). The smallest absolute Gasteiger partial charge is 0.386 e. The molecule has 0 aliphatic rings. The first-order valence-corrected chi connectivity index (χ1v) is 8.51. The number of hydrogen-bond donors (Lipinski definition) is 3. The maximum absolute atomic E-state index is 13.0. The number of nitrogens with zero attached hydrogens (tertiary/aromatic N) is 4. The van der Waals surface area contributed by atoms with E-state index in [0.29, 0.717) is 16.9 Å². The number of alkyl halides is 3. The molecule has 0 bridgehead atoms. The minimum Gasteiger partial charge on any atom is -0.386 e. The predicted molar refractivity (Wildman–Crippen MR) is 101 cm³/mol. The monoisotopic (exact) mass is 391 g/mol. The Hall–Kier alpha value is -3.17. The Kier molecular flexibility index (Phi) is 4.97. The van der Waals surface area contributed by atoms with Crippen molar-refractivity contribution in [1.29, 1.82) is 5.53 Å². The van der Waals surface area contributed by atoms with E-state index in [9.17, 15) is 13.2 Å². The van der Waals surface area contributed by atoms with Crippen LogP contribution in [0.1, 0.15) is 13.8 Å². The molecule has 148 valence electrons. The van der Waals surface area contributed by atoms with E-state index < -0.39 is 11.6 Å². The lowest BCUT2D eigenvalue weighted by Gasteiger charge is -2.27. The molecule has 2 heterocycles. The van der Waals surface area contributed by atoms with Crippen LogP contribution in [0.5, 0.6) is 0 Å². The Morgan fingerprint density at radius 1 is 1.21 bits per heavy atom. The van der Waals surface area contributed by atoms with Crippen LogP contribution in [0.4, 0.5) is 30.5 Å². The van der Waals surface area contributed by atoms with Gasteiger partial charge in [0.2, 0.25) is 5.95 Å². The lowest BCUT2D eigenvalue weighted by molar-refractivity contribution is -0.206. The summed E-state index contributed by atoms with van der Waals surface area (Å²) in [5.74, 6) is 0.117. The summed E-state index contributed by atoms with van der Waals surface area (Å²) >= 11 is 0. The van der Waals surface area contributed by atoms with Gasteiger partial charge < -0.3 is 10.6 Å². The van der Waals surface area contributed by atoms with Gasteiger partial charge in [0.1, 0.15) is 5.69 Å². The Balaban J connectivity index is 1.88. The molecule has 7 nitrogen and oxygen atoms in total. The molecule has 0 fully saturated rings. The standard InChI is InChI=1S/C18H20F3N7/c1-17(2,18(19,20)21)10-25-16-24-9-15-12(6-7-28(15)27-16)11-4-5-13(26-22)14(8-11)23-3/h4-9,22-23H,10H2,1-3H3,(H,25,27). The summed E-state index contributed by atoms with van der Waals surface area (Å²) in [6.45, 7) is 1.91. The van der Waals surface area contributed by atoms with E-state index in [2.05, 4.69) is 25.8 Å². The van der Waals surface area contributed by atoms with Crippen molar-refractivity contribution in [2.45, 2.75) is 20.0 Å². The maximum atomic E-state index is 13.0. The third-order valence-corrected chi connectivity index (χ3v) is 4.57. The first-order valence-electron chi connectivity index (χ1n) is 8.51. The molecular formula is C18H20F3N7. The number of halogens is 3. The highest BCUT2D eigenvalue weighted by molar-refractivity contribution is 5.84. The summed E-state index contributed by atoms with van der Waals surface area (Å²) in [6.07, 6.45) is -1.05. The van der Waals surface area contributed by atoms with Gasteiger partial charge in [0.05, 0.1) is 22.8 Å². The number of nitrogens with one attached hydrogen (secondary N) is 3. The highest BCUT2D eigenvalue weighted by atomic mass is 19.4. The molecule has 3 N–H and O–H groups in total. The van der Waals surface area contributed by atoms with Crippen molar-refractivity contribution < 1.29 is 13.2 Å². The molecular weight excluding hydrogens is 371 g/mol. The molecule has 2 aromatic heterocycles. The van der Waals surface area contributed by atoms with Crippen molar-refractivity contribution in [1.82, 2.24) is 14.6 Å². The minimum atomic E-state index is -4.33. The molecule has 0 unspecified atom stereocenters. The van der Waals surface area contributed by atoms with E-state index in [1.54, 1.807) is 30.0 Å². The van der Waals surface area contributed by atoms with Gasteiger partial charge in [-0.1, -0.05) is 6.07 Å². The van der Waals surface area contributed by atoms with Crippen LogP contribution in [0.2, 0.25) is 0 Å². The van der Waals surface area contributed by atoms with Crippen LogP contribution in [0.3, 0.4) is 0 Å². The molecule has 0 aliphatic carbocycles. The molecule has 0 amide bonds. The van der Waals surface area contributed by atoms with Gasteiger partial charge in [-0.15, -0.1) is 5.10 Å². The number of hydrogen-bond acceptors (Lipinski definition) is 6. The molecule has 1 aromatic carbocycles. The quantitative estimate of drug-likeness (QED) is 0.510. The highest BCUT2D eigenvalue weighted by Crippen LogP contribution is 2.37. The Morgan fingerprint density at radius 2 is 1.96 bits per heavy atom. The van der Waals surface area contributed by atoms with E-state index in [4.69, 9.17) is 5.53 Å². The van der Waals surface area contributed by atoms with Crippen LogP contribution in [-0.4, -0.2) is 34.4 Å². The number of aromatic nitrogens is 3. The fourth-order valence-corrected chi connectivity index (χ4v) is 2.63. The van der Waals surface area contributed by atoms with Crippen molar-refractivity contribution >= 4 is 22.8 Å². The van der Waals surface area contributed by atoms with E-state index >= 15 is 0 Å². The second kappa shape index (κ2) is 7.10. The van der Waals surface area contributed by atoms with Gasteiger partial charge in [-0.05, 0) is 37.6 Å². The van der Waals surface area contributed by atoms with Gasteiger partial charge >= 0.3 is 6.18 Å². The van der Waals surface area contributed by atoms with Gasteiger partial charge in [-0.2, -0.15) is 18.3 Å². The largest absolute Gasteiger partial charge is 0.395 e. The SMILES string of the molecule is CNc1cc(-c2ccn3nc(NCC(C)(C)C(F)(F)F)ncc23)ccc1N=N. The summed E-state index contributed by atoms with van der Waals surface area (Å²) in [7, 11) is 1.75. The molecule has 0 aliphatic heterocycles. The molecule has 0 saturated carbocycles. The predicted octanol–water partition coefficient (Wildman–Crippen LogP) is 5.10. The second-order valence-electron chi connectivity index (χ2n) is 6.97. The average molecular weight is 391 g/mol. The normalized spacial score (nSPS) is 12.2. The van der Waals surface area contributed by atoms with E-state index in [1.165, 1.54) is 0 Å². The van der Waals surface area contributed by atoms with Crippen molar-refractivity contribution in [3.8, 4) is 11.1 Å². The zero-order chi connectivity index (χ0) is 20.5. The van der Waals surface area contributed by atoms with Gasteiger partial charge in [0, 0.05) is 25.4 Å². The van der Waals surface area contributed by atoms with E-state index in [1.807, 2.05) is 18.2 Å². The zero-order valence-electron chi connectivity index (χ0n) is 15.6. The molecule has 0 spiro atoms. The zero-order valence-corrected chi connectivity index (χ0v) is 15.6. The summed E-state index contributed by atoms with van der Waals surface area (Å²) in [5, 5.41) is 13.4. The van der Waals surface area contributed by atoms with Gasteiger partial charge in [-0.25, -0.2) is 15.0 Å². The summed E-state index contributed by atoms with van der Waals surface area (Å²) in [6, 6.07) is 7.27. The third-order valence-electron chi connectivity index (χ3n) is 4.57. The molecule has 3 aromatic rings. The van der Waals surface area contributed by atoms with Crippen LogP contribution in [0.15, 0.2) is 41.8 Å². The summed E-state index contributed by atoms with van der Waals surface area (Å²) in [5.41, 5.74) is 8.96. The first kappa shape index (κ1) is 19.6. The Bertz CT molecular complexity index is 1010. The number of rotatable bonds is 6. The van der Waals surface area contributed by atoms with Crippen LogP contribution < -0.4 is 10.6 Å². The van der Waals surface area contributed by atoms with Crippen LogP contribution in [0.25, 0.3) is 16.6 Å². The Morgan fingerprint density at radius 3 is 2.61 bits per heavy atom. The third kappa shape index (κ3) is 3.62. The van der Waals surface area contributed by atoms with E-state index in [0.717, 1.165) is 25.0 Å². The topological polar surface area (TPSA) is 90.5 Å².